The topological polar surface area (TPSA) is 53.7 Å². The van der Waals surface area contributed by atoms with Gasteiger partial charge in [0, 0.05) is 12.8 Å². The van der Waals surface area contributed by atoms with Crippen LogP contribution in [0.3, 0.4) is 0 Å². The van der Waals surface area contributed by atoms with Crippen molar-refractivity contribution >= 4 is 15.9 Å². The van der Waals surface area contributed by atoms with E-state index in [-0.39, 0.29) is 12.4 Å². The van der Waals surface area contributed by atoms with Crippen molar-refractivity contribution in [1.29, 1.82) is 0 Å². The highest BCUT2D eigenvalue weighted by atomic mass is 79.9. The first-order valence-electron chi connectivity index (χ1n) is 5.32. The summed E-state index contributed by atoms with van der Waals surface area (Å²) < 4.78 is 25.2. The van der Waals surface area contributed by atoms with Crippen LogP contribution in [0.1, 0.15) is 12.0 Å². The fraction of sp³-hybridized carbons (Fsp3) is 0.455. The first-order valence-corrected chi connectivity index (χ1v) is 6.11. The lowest BCUT2D eigenvalue weighted by molar-refractivity contribution is 0.140. The number of rotatable bonds is 3. The molecule has 0 aliphatic carbocycles. The van der Waals surface area contributed by atoms with E-state index in [1.807, 2.05) is 0 Å². The zero-order chi connectivity index (χ0) is 12.3. The Morgan fingerprint density at radius 1 is 1.41 bits per heavy atom. The predicted octanol–water partition coefficient (Wildman–Crippen LogP) is 2.18. The van der Waals surface area contributed by atoms with Crippen LogP contribution in [0.2, 0.25) is 0 Å². The molecule has 6 heteroatoms. The van der Waals surface area contributed by atoms with Gasteiger partial charge in [0.05, 0.1) is 24.3 Å². The highest BCUT2D eigenvalue weighted by Crippen LogP contribution is 2.40. The van der Waals surface area contributed by atoms with E-state index in [9.17, 15) is 4.39 Å². The van der Waals surface area contributed by atoms with Crippen molar-refractivity contribution in [3.05, 3.63) is 21.9 Å². The first-order chi connectivity index (χ1) is 8.24. The molecular formula is C11H13BrFNO3. The molecule has 0 fully saturated rings. The second-order valence-electron chi connectivity index (χ2n) is 3.66. The molecule has 2 rings (SSSR count). The molecule has 0 saturated carbocycles. The first kappa shape index (κ1) is 12.6. The SMILES string of the molecule is NOCCc1cc2c(c(Br)c1F)OCCCO2. The van der Waals surface area contributed by atoms with Gasteiger partial charge in [0.25, 0.3) is 0 Å². The molecule has 94 valence electrons. The Morgan fingerprint density at radius 3 is 2.94 bits per heavy atom. The van der Waals surface area contributed by atoms with Gasteiger partial charge in [0.1, 0.15) is 5.82 Å². The molecule has 2 N–H and O–H groups in total. The molecule has 0 spiro atoms. The largest absolute Gasteiger partial charge is 0.490 e. The zero-order valence-corrected chi connectivity index (χ0v) is 10.8. The van der Waals surface area contributed by atoms with E-state index < -0.39 is 0 Å². The van der Waals surface area contributed by atoms with Crippen molar-refractivity contribution in [2.75, 3.05) is 19.8 Å². The van der Waals surface area contributed by atoms with Crippen LogP contribution < -0.4 is 15.4 Å². The molecule has 1 aliphatic heterocycles. The van der Waals surface area contributed by atoms with Crippen LogP contribution >= 0.6 is 15.9 Å². The summed E-state index contributed by atoms with van der Waals surface area (Å²) in [6.45, 7) is 1.34. The Balaban J connectivity index is 2.36. The van der Waals surface area contributed by atoms with Crippen LogP contribution in [0.25, 0.3) is 0 Å². The number of ether oxygens (including phenoxy) is 2. The molecule has 4 nitrogen and oxygen atoms in total. The van der Waals surface area contributed by atoms with E-state index in [0.717, 1.165) is 6.42 Å². The summed E-state index contributed by atoms with van der Waals surface area (Å²) in [5, 5.41) is 0. The minimum atomic E-state index is -0.355. The maximum Gasteiger partial charge on any atom is 0.178 e. The molecular weight excluding hydrogens is 293 g/mol. The number of benzene rings is 1. The smallest absolute Gasteiger partial charge is 0.178 e. The molecule has 17 heavy (non-hydrogen) atoms. The quantitative estimate of drug-likeness (QED) is 0.870. The minimum Gasteiger partial charge on any atom is -0.490 e. The Kier molecular flexibility index (Phi) is 4.20. The summed E-state index contributed by atoms with van der Waals surface area (Å²) in [4.78, 5) is 4.46. The van der Waals surface area contributed by atoms with Crippen molar-refractivity contribution in [3.8, 4) is 11.5 Å². The second-order valence-corrected chi connectivity index (χ2v) is 4.46. The lowest BCUT2D eigenvalue weighted by atomic mass is 10.1. The third-order valence-electron chi connectivity index (χ3n) is 2.48. The molecule has 1 aliphatic rings. The molecule has 0 amide bonds. The molecule has 0 atom stereocenters. The number of hydrogen-bond acceptors (Lipinski definition) is 4. The average molecular weight is 306 g/mol. The van der Waals surface area contributed by atoms with Crippen LogP contribution in [0.4, 0.5) is 4.39 Å². The second kappa shape index (κ2) is 5.66. The van der Waals surface area contributed by atoms with E-state index in [2.05, 4.69) is 20.8 Å². The molecule has 1 aromatic carbocycles. The normalized spacial score (nSPS) is 14.5. The van der Waals surface area contributed by atoms with Gasteiger partial charge >= 0.3 is 0 Å². The van der Waals surface area contributed by atoms with Gasteiger partial charge in [-0.1, -0.05) is 0 Å². The van der Waals surface area contributed by atoms with Gasteiger partial charge in [-0.2, -0.15) is 0 Å². The van der Waals surface area contributed by atoms with Gasteiger partial charge in [-0.25, -0.2) is 10.3 Å². The Bertz CT molecular complexity index is 414. The standard InChI is InChI=1S/C11H13BrFNO3/c12-9-10(13)7(2-5-17-14)6-8-11(9)16-4-1-3-15-8/h6H,1-5,14H2. The van der Waals surface area contributed by atoms with Crippen LogP contribution in [0.15, 0.2) is 10.5 Å². The maximum atomic E-state index is 14.0. The number of hydrogen-bond donors (Lipinski definition) is 1. The number of halogens is 2. The predicted molar refractivity (Wildman–Crippen MR) is 63.6 cm³/mol. The van der Waals surface area contributed by atoms with Crippen molar-refractivity contribution in [3.63, 3.8) is 0 Å². The molecule has 1 heterocycles. The summed E-state index contributed by atoms with van der Waals surface area (Å²) in [6.07, 6.45) is 1.17. The van der Waals surface area contributed by atoms with Gasteiger partial charge in [-0.05, 0) is 27.6 Å². The maximum absolute atomic E-state index is 14.0. The van der Waals surface area contributed by atoms with Crippen molar-refractivity contribution in [1.82, 2.24) is 0 Å². The fourth-order valence-electron chi connectivity index (χ4n) is 1.64. The fourth-order valence-corrected chi connectivity index (χ4v) is 2.21. The summed E-state index contributed by atoms with van der Waals surface area (Å²) in [5.74, 6) is 5.57. The molecule has 0 saturated heterocycles. The lowest BCUT2D eigenvalue weighted by Gasteiger charge is -2.13. The Hall–Kier alpha value is -0.850. The molecule has 0 unspecified atom stereocenters. The van der Waals surface area contributed by atoms with E-state index in [1.165, 1.54) is 0 Å². The molecule has 1 aromatic rings. The van der Waals surface area contributed by atoms with Crippen molar-refractivity contribution < 1.29 is 18.7 Å². The monoisotopic (exact) mass is 305 g/mol. The molecule has 0 radical (unpaired) electrons. The summed E-state index contributed by atoms with van der Waals surface area (Å²) >= 11 is 3.19. The van der Waals surface area contributed by atoms with Gasteiger partial charge in [0.15, 0.2) is 11.5 Å². The lowest BCUT2D eigenvalue weighted by Crippen LogP contribution is -2.06. The number of fused-ring (bicyclic) bond motifs is 1. The highest BCUT2D eigenvalue weighted by Gasteiger charge is 2.20. The average Bonchev–Trinajstić information content (AvgIpc) is 2.57. The van der Waals surface area contributed by atoms with Crippen LogP contribution in [-0.4, -0.2) is 19.8 Å². The molecule has 0 bridgehead atoms. The summed E-state index contributed by atoms with van der Waals surface area (Å²) in [7, 11) is 0. The van der Waals surface area contributed by atoms with E-state index in [0.29, 0.717) is 41.2 Å². The summed E-state index contributed by atoms with van der Waals surface area (Å²) in [6, 6.07) is 1.64. The summed E-state index contributed by atoms with van der Waals surface area (Å²) in [5.41, 5.74) is 0.492. The van der Waals surface area contributed by atoms with E-state index >= 15 is 0 Å². The third kappa shape index (κ3) is 2.70. The van der Waals surface area contributed by atoms with Crippen molar-refractivity contribution in [2.45, 2.75) is 12.8 Å². The van der Waals surface area contributed by atoms with Crippen LogP contribution in [0.5, 0.6) is 11.5 Å². The van der Waals surface area contributed by atoms with Gasteiger partial charge in [-0.15, -0.1) is 0 Å². The zero-order valence-electron chi connectivity index (χ0n) is 9.17. The van der Waals surface area contributed by atoms with Crippen molar-refractivity contribution in [2.24, 2.45) is 5.90 Å². The third-order valence-corrected chi connectivity index (χ3v) is 3.19. The Morgan fingerprint density at radius 2 is 2.18 bits per heavy atom. The molecule has 0 aromatic heterocycles. The van der Waals surface area contributed by atoms with E-state index in [4.69, 9.17) is 15.4 Å². The Labute approximate surface area is 107 Å². The number of nitrogens with two attached hydrogens (primary N) is 1. The minimum absolute atomic E-state index is 0.253. The van der Waals surface area contributed by atoms with Gasteiger partial charge in [0.2, 0.25) is 0 Å². The highest BCUT2D eigenvalue weighted by molar-refractivity contribution is 9.10. The van der Waals surface area contributed by atoms with Crippen LogP contribution in [0, 0.1) is 5.82 Å². The van der Waals surface area contributed by atoms with Gasteiger partial charge < -0.3 is 14.3 Å². The van der Waals surface area contributed by atoms with Crippen LogP contribution in [-0.2, 0) is 11.3 Å². The van der Waals surface area contributed by atoms with E-state index in [1.54, 1.807) is 6.07 Å². The van der Waals surface area contributed by atoms with Gasteiger partial charge in [-0.3, -0.25) is 0 Å².